The summed E-state index contributed by atoms with van der Waals surface area (Å²) in [6.07, 6.45) is 2.05. The number of anilines is 2. The Morgan fingerprint density at radius 1 is 1.18 bits per heavy atom. The first kappa shape index (κ1) is 13.9. The van der Waals surface area contributed by atoms with E-state index in [2.05, 4.69) is 39.2 Å². The van der Waals surface area contributed by atoms with E-state index in [1.807, 2.05) is 0 Å². The quantitative estimate of drug-likeness (QED) is 0.757. The van der Waals surface area contributed by atoms with Crippen LogP contribution in [0.25, 0.3) is 0 Å². The highest BCUT2D eigenvalue weighted by Crippen LogP contribution is 2.14. The smallest absolute Gasteiger partial charge is 0.253 e. The minimum absolute atomic E-state index is 0.159. The van der Waals surface area contributed by atoms with E-state index >= 15 is 0 Å². The second kappa shape index (κ2) is 7.24. The molecule has 7 heteroatoms. The van der Waals surface area contributed by atoms with Crippen LogP contribution in [0.3, 0.4) is 0 Å². The number of aromatic nitrogens is 3. The average Bonchev–Trinajstić information content (AvgIpc) is 2.28. The second-order valence-electron chi connectivity index (χ2n) is 3.52. The molecule has 1 N–H and O–H groups in total. The molecule has 1 heterocycles. The Bertz CT molecular complexity index is 343. The Labute approximate surface area is 106 Å². The maximum Gasteiger partial charge on any atom is 0.253 e. The summed E-state index contributed by atoms with van der Waals surface area (Å²) in [5, 5.41) is 0.159. The summed E-state index contributed by atoms with van der Waals surface area (Å²) >= 11 is 5.85. The minimum atomic E-state index is 0.159. The predicted octanol–water partition coefficient (Wildman–Crippen LogP) is 2.12. The van der Waals surface area contributed by atoms with Gasteiger partial charge < -0.3 is 4.90 Å². The molecule has 1 aromatic heterocycles. The van der Waals surface area contributed by atoms with E-state index in [0.717, 1.165) is 25.9 Å². The lowest BCUT2D eigenvalue weighted by molar-refractivity contribution is 0.267. The SMILES string of the molecule is CCCN(CCC)c1nc(Cl)nc(NOC)n1. The molecule has 6 nitrogen and oxygen atoms in total. The van der Waals surface area contributed by atoms with Gasteiger partial charge in [0.25, 0.3) is 5.95 Å². The van der Waals surface area contributed by atoms with Crippen molar-refractivity contribution in [3.05, 3.63) is 5.28 Å². The molecule has 0 spiro atoms. The molecule has 17 heavy (non-hydrogen) atoms. The maximum absolute atomic E-state index is 5.85. The third-order valence-electron chi connectivity index (χ3n) is 2.06. The van der Waals surface area contributed by atoms with Gasteiger partial charge in [-0.05, 0) is 24.4 Å². The van der Waals surface area contributed by atoms with E-state index in [4.69, 9.17) is 16.4 Å². The third-order valence-corrected chi connectivity index (χ3v) is 2.23. The highest BCUT2D eigenvalue weighted by Gasteiger charge is 2.11. The lowest BCUT2D eigenvalue weighted by Crippen LogP contribution is -2.27. The molecule has 0 fully saturated rings. The molecule has 0 atom stereocenters. The minimum Gasteiger partial charge on any atom is -0.341 e. The van der Waals surface area contributed by atoms with Crippen molar-refractivity contribution in [2.45, 2.75) is 26.7 Å². The molecule has 0 aliphatic carbocycles. The van der Waals surface area contributed by atoms with Gasteiger partial charge in [0.05, 0.1) is 7.11 Å². The van der Waals surface area contributed by atoms with Crippen molar-refractivity contribution in [1.82, 2.24) is 15.0 Å². The van der Waals surface area contributed by atoms with Crippen LogP contribution in [0.5, 0.6) is 0 Å². The Morgan fingerprint density at radius 2 is 1.82 bits per heavy atom. The number of rotatable bonds is 7. The molecule has 1 rings (SSSR count). The first-order valence-corrected chi connectivity index (χ1v) is 6.04. The zero-order valence-electron chi connectivity index (χ0n) is 10.4. The van der Waals surface area contributed by atoms with Gasteiger partial charge in [0.15, 0.2) is 0 Å². The molecule has 0 saturated carbocycles. The van der Waals surface area contributed by atoms with Gasteiger partial charge in [-0.25, -0.2) is 5.48 Å². The highest BCUT2D eigenvalue weighted by atomic mass is 35.5. The Morgan fingerprint density at radius 3 is 2.35 bits per heavy atom. The van der Waals surface area contributed by atoms with Crippen molar-refractivity contribution in [2.75, 3.05) is 30.6 Å². The molecule has 0 radical (unpaired) electrons. The lowest BCUT2D eigenvalue weighted by Gasteiger charge is -2.21. The van der Waals surface area contributed by atoms with Crippen molar-refractivity contribution >= 4 is 23.5 Å². The fourth-order valence-corrected chi connectivity index (χ4v) is 1.63. The summed E-state index contributed by atoms with van der Waals surface area (Å²) in [6, 6.07) is 0. The molecule has 0 aliphatic rings. The molecule has 0 bridgehead atoms. The molecule has 0 saturated heterocycles. The van der Waals surface area contributed by atoms with Gasteiger partial charge in [-0.1, -0.05) is 13.8 Å². The Balaban J connectivity index is 2.92. The summed E-state index contributed by atoms with van der Waals surface area (Å²) in [5.41, 5.74) is 2.55. The summed E-state index contributed by atoms with van der Waals surface area (Å²) in [5.74, 6) is 0.896. The van der Waals surface area contributed by atoms with Gasteiger partial charge in [0, 0.05) is 13.1 Å². The summed E-state index contributed by atoms with van der Waals surface area (Å²) in [6.45, 7) is 6.00. The Hall–Kier alpha value is -1.14. The molecule has 0 aromatic carbocycles. The Kier molecular flexibility index (Phi) is 5.93. The fraction of sp³-hybridized carbons (Fsp3) is 0.700. The van der Waals surface area contributed by atoms with Crippen molar-refractivity contribution in [3.8, 4) is 0 Å². The third kappa shape index (κ3) is 4.32. The van der Waals surface area contributed by atoms with E-state index in [-0.39, 0.29) is 5.28 Å². The van der Waals surface area contributed by atoms with Crippen LogP contribution < -0.4 is 10.4 Å². The normalized spacial score (nSPS) is 10.4. The molecular weight excluding hydrogens is 242 g/mol. The molecular formula is C10H18ClN5O. The summed E-state index contributed by atoms with van der Waals surface area (Å²) < 4.78 is 0. The highest BCUT2D eigenvalue weighted by molar-refractivity contribution is 6.28. The van der Waals surface area contributed by atoms with Gasteiger partial charge >= 0.3 is 0 Å². The number of nitrogens with zero attached hydrogens (tertiary/aromatic N) is 4. The molecule has 96 valence electrons. The molecule has 1 aromatic rings. The van der Waals surface area contributed by atoms with Gasteiger partial charge in [0.2, 0.25) is 11.2 Å². The fourth-order valence-electron chi connectivity index (χ4n) is 1.47. The number of hydrogen-bond acceptors (Lipinski definition) is 6. The zero-order valence-corrected chi connectivity index (χ0v) is 11.2. The molecule has 0 unspecified atom stereocenters. The largest absolute Gasteiger partial charge is 0.341 e. The van der Waals surface area contributed by atoms with Crippen LogP contribution in [-0.4, -0.2) is 35.2 Å². The van der Waals surface area contributed by atoms with E-state index in [1.54, 1.807) is 0 Å². The summed E-state index contributed by atoms with van der Waals surface area (Å²) in [7, 11) is 1.49. The van der Waals surface area contributed by atoms with E-state index < -0.39 is 0 Å². The van der Waals surface area contributed by atoms with Crippen LogP contribution in [0.2, 0.25) is 5.28 Å². The first-order valence-electron chi connectivity index (χ1n) is 5.66. The van der Waals surface area contributed by atoms with Crippen molar-refractivity contribution < 1.29 is 4.84 Å². The van der Waals surface area contributed by atoms with Crippen molar-refractivity contribution in [2.24, 2.45) is 0 Å². The van der Waals surface area contributed by atoms with Crippen LogP contribution in [0.4, 0.5) is 11.9 Å². The van der Waals surface area contributed by atoms with Crippen molar-refractivity contribution in [3.63, 3.8) is 0 Å². The van der Waals surface area contributed by atoms with Gasteiger partial charge in [-0.2, -0.15) is 15.0 Å². The van der Waals surface area contributed by atoms with Crippen LogP contribution in [-0.2, 0) is 4.84 Å². The van der Waals surface area contributed by atoms with Crippen LogP contribution in [0, 0.1) is 0 Å². The van der Waals surface area contributed by atoms with Crippen LogP contribution in [0.15, 0.2) is 0 Å². The number of hydrogen-bond donors (Lipinski definition) is 1. The van der Waals surface area contributed by atoms with Gasteiger partial charge in [0.1, 0.15) is 0 Å². The average molecular weight is 260 g/mol. The van der Waals surface area contributed by atoms with E-state index in [0.29, 0.717) is 11.9 Å². The standard InChI is InChI=1S/C10H18ClN5O/c1-4-6-16(7-5-2)10-13-8(11)12-9(14-10)15-17-3/h4-7H2,1-3H3,(H,12,13,14,15). The second-order valence-corrected chi connectivity index (χ2v) is 3.86. The topological polar surface area (TPSA) is 63.2 Å². The number of halogens is 1. The zero-order chi connectivity index (χ0) is 12.7. The first-order chi connectivity index (χ1) is 8.21. The van der Waals surface area contributed by atoms with E-state index in [1.165, 1.54) is 7.11 Å². The molecule has 0 amide bonds. The number of nitrogens with one attached hydrogen (secondary N) is 1. The predicted molar refractivity (Wildman–Crippen MR) is 68.3 cm³/mol. The van der Waals surface area contributed by atoms with E-state index in [9.17, 15) is 0 Å². The van der Waals surface area contributed by atoms with Gasteiger partial charge in [-0.3, -0.25) is 4.84 Å². The van der Waals surface area contributed by atoms with Crippen LogP contribution >= 0.6 is 11.6 Å². The monoisotopic (exact) mass is 259 g/mol. The van der Waals surface area contributed by atoms with Gasteiger partial charge in [-0.15, -0.1) is 0 Å². The maximum atomic E-state index is 5.85. The van der Waals surface area contributed by atoms with Crippen LogP contribution in [0.1, 0.15) is 26.7 Å². The molecule has 0 aliphatic heterocycles. The van der Waals surface area contributed by atoms with Crippen molar-refractivity contribution in [1.29, 1.82) is 0 Å². The lowest BCUT2D eigenvalue weighted by atomic mass is 10.4. The summed E-state index contributed by atoms with van der Waals surface area (Å²) in [4.78, 5) is 19.1.